The molecule has 1 heterocycles. The van der Waals surface area contributed by atoms with Crippen LogP contribution in [0, 0.1) is 11.3 Å². The first-order valence-electron chi connectivity index (χ1n) is 7.26. The van der Waals surface area contributed by atoms with Crippen LogP contribution in [0.1, 0.15) is 58.2 Å². The van der Waals surface area contributed by atoms with Gasteiger partial charge in [-0.05, 0) is 57.1 Å². The Labute approximate surface area is 111 Å². The molecule has 0 radical (unpaired) electrons. The zero-order valence-corrected chi connectivity index (χ0v) is 12.2. The predicted octanol–water partition coefficient (Wildman–Crippen LogP) is 3.38. The quantitative estimate of drug-likeness (QED) is 0.886. The second-order valence-corrected chi connectivity index (χ2v) is 6.34. The maximum atomic E-state index is 4.40. The van der Waals surface area contributed by atoms with Gasteiger partial charge in [0, 0.05) is 12.7 Å². The Kier molecular flexibility index (Phi) is 4.10. The lowest BCUT2D eigenvalue weighted by Gasteiger charge is -2.38. The molecule has 0 amide bonds. The fraction of sp³-hybridized carbons (Fsp3) is 0.800. The smallest absolute Gasteiger partial charge is 0.0556 e. The van der Waals surface area contributed by atoms with Crippen LogP contribution >= 0.6 is 0 Å². The third kappa shape index (κ3) is 2.77. The highest BCUT2D eigenvalue weighted by Crippen LogP contribution is 2.42. The minimum atomic E-state index is 0.462. The first-order valence-corrected chi connectivity index (χ1v) is 7.26. The third-order valence-corrected chi connectivity index (χ3v) is 4.53. The Morgan fingerprint density at radius 3 is 2.67 bits per heavy atom. The Morgan fingerprint density at radius 2 is 2.11 bits per heavy atom. The summed E-state index contributed by atoms with van der Waals surface area (Å²) in [5.41, 5.74) is 1.89. The maximum Gasteiger partial charge on any atom is 0.0556 e. The molecule has 1 saturated carbocycles. The van der Waals surface area contributed by atoms with Crippen molar-refractivity contribution in [1.29, 1.82) is 0 Å². The van der Waals surface area contributed by atoms with Crippen LogP contribution in [-0.4, -0.2) is 16.8 Å². The summed E-state index contributed by atoms with van der Waals surface area (Å²) in [6.07, 6.45) is 7.27. The van der Waals surface area contributed by atoms with E-state index in [9.17, 15) is 0 Å². The zero-order chi connectivity index (χ0) is 13.2. The second-order valence-electron chi connectivity index (χ2n) is 6.34. The van der Waals surface area contributed by atoms with E-state index in [-0.39, 0.29) is 0 Å². The van der Waals surface area contributed by atoms with Crippen LogP contribution in [0.25, 0.3) is 0 Å². The van der Waals surface area contributed by atoms with E-state index < -0.39 is 0 Å². The number of hydrogen-bond acceptors (Lipinski definition) is 2. The van der Waals surface area contributed by atoms with E-state index >= 15 is 0 Å². The molecule has 0 bridgehead atoms. The SMILES string of the molecule is CCn1nccc1C(NC)C1CCC(C)(C)CC1. The highest BCUT2D eigenvalue weighted by Gasteiger charge is 2.32. The summed E-state index contributed by atoms with van der Waals surface area (Å²) >= 11 is 0. The van der Waals surface area contributed by atoms with Crippen molar-refractivity contribution in [3.05, 3.63) is 18.0 Å². The van der Waals surface area contributed by atoms with Crippen LogP contribution in [0.5, 0.6) is 0 Å². The number of rotatable bonds is 4. The van der Waals surface area contributed by atoms with E-state index in [1.807, 2.05) is 6.20 Å². The molecule has 1 aromatic rings. The Hall–Kier alpha value is -0.830. The van der Waals surface area contributed by atoms with Gasteiger partial charge in [0.05, 0.1) is 11.7 Å². The van der Waals surface area contributed by atoms with Gasteiger partial charge in [-0.2, -0.15) is 5.10 Å². The van der Waals surface area contributed by atoms with E-state index in [0.717, 1.165) is 12.5 Å². The highest BCUT2D eigenvalue weighted by atomic mass is 15.3. The van der Waals surface area contributed by atoms with Crippen molar-refractivity contribution in [3.8, 4) is 0 Å². The highest BCUT2D eigenvalue weighted by molar-refractivity contribution is 5.09. The summed E-state index contributed by atoms with van der Waals surface area (Å²) in [6, 6.07) is 2.63. The monoisotopic (exact) mass is 249 g/mol. The van der Waals surface area contributed by atoms with Crippen LogP contribution in [0.2, 0.25) is 0 Å². The molecule has 0 aromatic carbocycles. The number of aryl methyl sites for hydroxylation is 1. The van der Waals surface area contributed by atoms with Gasteiger partial charge in [-0.15, -0.1) is 0 Å². The largest absolute Gasteiger partial charge is 0.311 e. The van der Waals surface area contributed by atoms with Crippen LogP contribution in [0.15, 0.2) is 12.3 Å². The van der Waals surface area contributed by atoms with Gasteiger partial charge in [0.25, 0.3) is 0 Å². The average Bonchev–Trinajstić information content (AvgIpc) is 2.80. The minimum absolute atomic E-state index is 0.462. The molecule has 18 heavy (non-hydrogen) atoms. The van der Waals surface area contributed by atoms with Gasteiger partial charge in [-0.3, -0.25) is 4.68 Å². The summed E-state index contributed by atoms with van der Waals surface area (Å²) in [5.74, 6) is 0.755. The van der Waals surface area contributed by atoms with Gasteiger partial charge in [0.1, 0.15) is 0 Å². The fourth-order valence-corrected chi connectivity index (χ4v) is 3.25. The normalized spacial score (nSPS) is 22.0. The van der Waals surface area contributed by atoms with E-state index in [2.05, 4.69) is 49.0 Å². The Bertz CT molecular complexity index is 371. The molecule has 1 N–H and O–H groups in total. The topological polar surface area (TPSA) is 29.9 Å². The molecule has 0 saturated heterocycles. The summed E-state index contributed by atoms with van der Waals surface area (Å²) in [5, 5.41) is 7.92. The molecule has 2 rings (SSSR count). The van der Waals surface area contributed by atoms with Crippen molar-refractivity contribution in [2.45, 2.75) is 59.0 Å². The molecule has 1 unspecified atom stereocenters. The second kappa shape index (κ2) is 5.43. The van der Waals surface area contributed by atoms with E-state index in [0.29, 0.717) is 11.5 Å². The van der Waals surface area contributed by atoms with Crippen molar-refractivity contribution < 1.29 is 0 Å². The van der Waals surface area contributed by atoms with Crippen LogP contribution < -0.4 is 5.32 Å². The average molecular weight is 249 g/mol. The Morgan fingerprint density at radius 1 is 1.44 bits per heavy atom. The van der Waals surface area contributed by atoms with E-state index in [1.54, 1.807) is 0 Å². The summed E-state index contributed by atoms with van der Waals surface area (Å²) in [7, 11) is 2.08. The van der Waals surface area contributed by atoms with Gasteiger partial charge in [0.2, 0.25) is 0 Å². The lowest BCUT2D eigenvalue weighted by atomic mass is 9.70. The van der Waals surface area contributed by atoms with Gasteiger partial charge < -0.3 is 5.32 Å². The summed E-state index contributed by atoms with van der Waals surface area (Å²) in [6.45, 7) is 7.91. The zero-order valence-electron chi connectivity index (χ0n) is 12.2. The molecular weight excluding hydrogens is 222 g/mol. The van der Waals surface area contributed by atoms with Crippen molar-refractivity contribution in [2.75, 3.05) is 7.05 Å². The lowest BCUT2D eigenvalue weighted by molar-refractivity contribution is 0.161. The number of nitrogens with zero attached hydrogens (tertiary/aromatic N) is 2. The fourth-order valence-electron chi connectivity index (χ4n) is 3.25. The molecule has 3 heteroatoms. The first-order chi connectivity index (χ1) is 8.57. The predicted molar refractivity (Wildman–Crippen MR) is 75.4 cm³/mol. The molecule has 1 aromatic heterocycles. The maximum absolute atomic E-state index is 4.40. The summed E-state index contributed by atoms with van der Waals surface area (Å²) in [4.78, 5) is 0. The molecule has 0 spiro atoms. The molecule has 102 valence electrons. The summed E-state index contributed by atoms with van der Waals surface area (Å²) < 4.78 is 2.13. The number of hydrogen-bond donors (Lipinski definition) is 1. The molecule has 0 aliphatic heterocycles. The van der Waals surface area contributed by atoms with Crippen molar-refractivity contribution >= 4 is 0 Å². The van der Waals surface area contributed by atoms with Crippen molar-refractivity contribution in [2.24, 2.45) is 11.3 Å². The molecule has 1 aliphatic carbocycles. The molecule has 1 atom stereocenters. The third-order valence-electron chi connectivity index (χ3n) is 4.53. The lowest BCUT2D eigenvalue weighted by Crippen LogP contribution is -2.32. The standard InChI is InChI=1S/C15H27N3/c1-5-18-13(8-11-17-18)14(16-4)12-6-9-15(2,3)10-7-12/h8,11-12,14,16H,5-7,9-10H2,1-4H3. The number of nitrogens with one attached hydrogen (secondary N) is 1. The van der Waals surface area contributed by atoms with Crippen molar-refractivity contribution in [1.82, 2.24) is 15.1 Å². The van der Waals surface area contributed by atoms with E-state index in [1.165, 1.54) is 31.4 Å². The number of aromatic nitrogens is 2. The van der Waals surface area contributed by atoms with Crippen LogP contribution in [0.4, 0.5) is 0 Å². The van der Waals surface area contributed by atoms with Gasteiger partial charge >= 0.3 is 0 Å². The Balaban J connectivity index is 2.10. The molecular formula is C15H27N3. The molecule has 1 aliphatic rings. The van der Waals surface area contributed by atoms with Gasteiger partial charge in [-0.25, -0.2) is 0 Å². The molecule has 1 fully saturated rings. The van der Waals surface area contributed by atoms with Gasteiger partial charge in [0.15, 0.2) is 0 Å². The minimum Gasteiger partial charge on any atom is -0.311 e. The van der Waals surface area contributed by atoms with Crippen LogP contribution in [-0.2, 0) is 6.54 Å². The molecule has 3 nitrogen and oxygen atoms in total. The van der Waals surface area contributed by atoms with Crippen LogP contribution in [0.3, 0.4) is 0 Å². The first kappa shape index (κ1) is 13.6. The van der Waals surface area contributed by atoms with Crippen molar-refractivity contribution in [3.63, 3.8) is 0 Å². The van der Waals surface area contributed by atoms with E-state index in [4.69, 9.17) is 0 Å². The van der Waals surface area contributed by atoms with Gasteiger partial charge in [-0.1, -0.05) is 13.8 Å².